The van der Waals surface area contributed by atoms with E-state index in [9.17, 15) is 13.2 Å². The standard InChI is InChI=1S/C30H27N7O3S/c38-30-25(28-34-26-8-7-21(18-27(26)35-28)36-14-4-11-31-13-16-36)17-20(19-33-30)23-9-12-32-29-24(23)10-15-37(29)41(39,40)22-5-2-1-3-6-22/h1-3,5-10,12,15,17-19,31H,4,11,13-14,16H2,(H,33,38)(H,34,35). The van der Waals surface area contributed by atoms with Crippen LogP contribution in [0.4, 0.5) is 5.69 Å². The Bertz CT molecular complexity index is 2050. The highest BCUT2D eigenvalue weighted by atomic mass is 32.2. The predicted octanol–water partition coefficient (Wildman–Crippen LogP) is 3.97. The minimum absolute atomic E-state index is 0.177. The zero-order valence-electron chi connectivity index (χ0n) is 22.0. The molecule has 0 atom stereocenters. The number of nitrogens with one attached hydrogen (secondary N) is 3. The summed E-state index contributed by atoms with van der Waals surface area (Å²) in [5, 5.41) is 4.07. The molecule has 6 aromatic rings. The molecule has 3 N–H and O–H groups in total. The summed E-state index contributed by atoms with van der Waals surface area (Å²) in [7, 11) is -3.83. The zero-order chi connectivity index (χ0) is 28.0. The lowest BCUT2D eigenvalue weighted by atomic mass is 10.0. The van der Waals surface area contributed by atoms with Gasteiger partial charge in [-0.2, -0.15) is 0 Å². The summed E-state index contributed by atoms with van der Waals surface area (Å²) in [6, 6.07) is 19.7. The first kappa shape index (κ1) is 25.2. The van der Waals surface area contributed by atoms with Gasteiger partial charge in [0.15, 0.2) is 5.65 Å². The Morgan fingerprint density at radius 1 is 0.902 bits per heavy atom. The van der Waals surface area contributed by atoms with E-state index < -0.39 is 10.0 Å². The maximum atomic E-state index is 13.3. The Morgan fingerprint density at radius 3 is 2.66 bits per heavy atom. The molecule has 0 saturated carbocycles. The Morgan fingerprint density at radius 2 is 1.78 bits per heavy atom. The van der Waals surface area contributed by atoms with E-state index in [2.05, 4.69) is 37.3 Å². The number of imidazole rings is 1. The first-order chi connectivity index (χ1) is 20.0. The third-order valence-electron chi connectivity index (χ3n) is 7.49. The number of anilines is 1. The second-order valence-electron chi connectivity index (χ2n) is 10.0. The van der Waals surface area contributed by atoms with E-state index >= 15 is 0 Å². The molecule has 0 bridgehead atoms. The summed E-state index contributed by atoms with van der Waals surface area (Å²) in [6.45, 7) is 3.88. The van der Waals surface area contributed by atoms with E-state index in [1.54, 1.807) is 60.9 Å². The highest BCUT2D eigenvalue weighted by molar-refractivity contribution is 7.90. The van der Waals surface area contributed by atoms with Gasteiger partial charge in [-0.1, -0.05) is 18.2 Å². The number of hydrogen-bond donors (Lipinski definition) is 3. The molecule has 1 fully saturated rings. The summed E-state index contributed by atoms with van der Waals surface area (Å²) in [6.07, 6.45) is 5.78. The van der Waals surface area contributed by atoms with Crippen LogP contribution in [0, 0.1) is 0 Å². The van der Waals surface area contributed by atoms with Crippen LogP contribution < -0.4 is 15.8 Å². The topological polar surface area (TPSA) is 129 Å². The maximum Gasteiger partial charge on any atom is 0.269 e. The molecule has 0 radical (unpaired) electrons. The SMILES string of the molecule is O=c1[nH]cc(-c2ccnc3c2ccn3S(=O)(=O)c2ccccc2)cc1-c1nc2ccc(N3CCCNCC3)cc2[nH]1. The molecule has 5 heterocycles. The van der Waals surface area contributed by atoms with Crippen LogP contribution in [-0.2, 0) is 10.0 Å². The van der Waals surface area contributed by atoms with Crippen molar-refractivity contribution in [1.29, 1.82) is 0 Å². The fourth-order valence-electron chi connectivity index (χ4n) is 5.41. The molecule has 1 aliphatic rings. The van der Waals surface area contributed by atoms with Gasteiger partial charge in [-0.15, -0.1) is 0 Å². The number of nitrogens with zero attached hydrogens (tertiary/aromatic N) is 4. The van der Waals surface area contributed by atoms with Gasteiger partial charge in [-0.3, -0.25) is 4.79 Å². The molecule has 4 aromatic heterocycles. The predicted molar refractivity (Wildman–Crippen MR) is 160 cm³/mol. The van der Waals surface area contributed by atoms with E-state index in [4.69, 9.17) is 4.98 Å². The highest BCUT2D eigenvalue weighted by Crippen LogP contribution is 2.31. The lowest BCUT2D eigenvalue weighted by Gasteiger charge is -2.22. The number of pyridine rings is 2. The number of aromatic amines is 2. The van der Waals surface area contributed by atoms with Gasteiger partial charge in [-0.25, -0.2) is 22.4 Å². The van der Waals surface area contributed by atoms with Crippen LogP contribution in [0.25, 0.3) is 44.6 Å². The lowest BCUT2D eigenvalue weighted by Crippen LogP contribution is -2.27. The van der Waals surface area contributed by atoms with Gasteiger partial charge in [0.1, 0.15) is 5.82 Å². The van der Waals surface area contributed by atoms with Crippen molar-refractivity contribution in [3.05, 3.63) is 95.7 Å². The molecule has 2 aromatic carbocycles. The van der Waals surface area contributed by atoms with Crippen molar-refractivity contribution in [2.24, 2.45) is 0 Å². The van der Waals surface area contributed by atoms with Gasteiger partial charge in [0.2, 0.25) is 0 Å². The van der Waals surface area contributed by atoms with Gasteiger partial charge in [-0.05, 0) is 72.6 Å². The summed E-state index contributed by atoms with van der Waals surface area (Å²) in [5.74, 6) is 0.465. The quantitative estimate of drug-likeness (QED) is 0.289. The summed E-state index contributed by atoms with van der Waals surface area (Å²) >= 11 is 0. The van der Waals surface area contributed by atoms with Crippen LogP contribution in [0.15, 0.2) is 95.0 Å². The first-order valence-electron chi connectivity index (χ1n) is 13.4. The van der Waals surface area contributed by atoms with Crippen molar-refractivity contribution in [3.8, 4) is 22.5 Å². The van der Waals surface area contributed by atoms with Crippen LogP contribution in [0.5, 0.6) is 0 Å². The number of aromatic nitrogens is 5. The number of H-pyrrole nitrogens is 2. The molecule has 0 spiro atoms. The summed E-state index contributed by atoms with van der Waals surface area (Å²) in [4.78, 5) is 30.8. The van der Waals surface area contributed by atoms with Crippen LogP contribution in [0.2, 0.25) is 0 Å². The average molecular weight is 566 g/mol. The van der Waals surface area contributed by atoms with E-state index in [1.165, 1.54) is 10.2 Å². The molecule has 0 unspecified atom stereocenters. The summed E-state index contributed by atoms with van der Waals surface area (Å²) in [5.41, 5.74) is 4.61. The molecular weight excluding hydrogens is 538 g/mol. The van der Waals surface area contributed by atoms with Gasteiger partial charge >= 0.3 is 0 Å². The fraction of sp³-hybridized carbons (Fsp3) is 0.167. The molecule has 11 heteroatoms. The largest absolute Gasteiger partial charge is 0.370 e. The van der Waals surface area contributed by atoms with Crippen molar-refractivity contribution < 1.29 is 8.42 Å². The van der Waals surface area contributed by atoms with Crippen molar-refractivity contribution in [2.45, 2.75) is 11.3 Å². The second kappa shape index (κ2) is 10.0. The molecular formula is C30H27N7O3S. The van der Waals surface area contributed by atoms with Crippen molar-refractivity contribution >= 4 is 37.8 Å². The van der Waals surface area contributed by atoms with Crippen LogP contribution in [0.3, 0.4) is 0 Å². The summed E-state index contributed by atoms with van der Waals surface area (Å²) < 4.78 is 27.8. The van der Waals surface area contributed by atoms with Crippen LogP contribution in [-0.4, -0.2) is 58.5 Å². The minimum atomic E-state index is -3.83. The molecule has 10 nitrogen and oxygen atoms in total. The van der Waals surface area contributed by atoms with E-state index in [-0.39, 0.29) is 10.5 Å². The van der Waals surface area contributed by atoms with Gasteiger partial charge < -0.3 is 20.2 Å². The third kappa shape index (κ3) is 4.48. The van der Waals surface area contributed by atoms with Crippen LogP contribution in [0.1, 0.15) is 6.42 Å². The monoisotopic (exact) mass is 565 g/mol. The molecule has 0 aliphatic carbocycles. The zero-order valence-corrected chi connectivity index (χ0v) is 22.9. The Labute approximate surface area is 235 Å². The third-order valence-corrected chi connectivity index (χ3v) is 9.17. The Hall–Kier alpha value is -4.74. The van der Waals surface area contributed by atoms with Crippen molar-refractivity contribution in [3.63, 3.8) is 0 Å². The van der Waals surface area contributed by atoms with E-state index in [0.717, 1.165) is 54.9 Å². The van der Waals surface area contributed by atoms with Crippen LogP contribution >= 0.6 is 0 Å². The number of rotatable bonds is 5. The highest BCUT2D eigenvalue weighted by Gasteiger charge is 2.21. The van der Waals surface area contributed by atoms with E-state index in [1.807, 2.05) is 6.07 Å². The number of hydrogen-bond acceptors (Lipinski definition) is 7. The van der Waals surface area contributed by atoms with Gasteiger partial charge in [0, 0.05) is 49.3 Å². The molecule has 7 rings (SSSR count). The molecule has 1 saturated heterocycles. The molecule has 1 aliphatic heterocycles. The molecule has 0 amide bonds. The molecule has 206 valence electrons. The number of benzene rings is 2. The van der Waals surface area contributed by atoms with Crippen molar-refractivity contribution in [1.82, 2.24) is 29.2 Å². The minimum Gasteiger partial charge on any atom is -0.370 e. The average Bonchev–Trinajstić information content (AvgIpc) is 3.53. The van der Waals surface area contributed by atoms with Gasteiger partial charge in [0.05, 0.1) is 21.5 Å². The maximum absolute atomic E-state index is 13.3. The second-order valence-corrected chi connectivity index (χ2v) is 11.8. The number of fused-ring (bicyclic) bond motifs is 2. The molecule has 41 heavy (non-hydrogen) atoms. The first-order valence-corrected chi connectivity index (χ1v) is 14.9. The Kier molecular flexibility index (Phi) is 6.17. The fourth-order valence-corrected chi connectivity index (χ4v) is 6.73. The normalized spacial score (nSPS) is 14.5. The van der Waals surface area contributed by atoms with Crippen molar-refractivity contribution in [2.75, 3.05) is 31.1 Å². The van der Waals surface area contributed by atoms with E-state index in [0.29, 0.717) is 28.0 Å². The smallest absolute Gasteiger partial charge is 0.269 e. The lowest BCUT2D eigenvalue weighted by molar-refractivity contribution is 0.589. The Balaban J connectivity index is 1.28. The van der Waals surface area contributed by atoms with Gasteiger partial charge in [0.25, 0.3) is 15.6 Å².